The van der Waals surface area contributed by atoms with Gasteiger partial charge in [0.25, 0.3) is 0 Å². The Hall–Kier alpha value is -2.15. The maximum Gasteiger partial charge on any atom is 0.315 e. The van der Waals surface area contributed by atoms with Crippen molar-refractivity contribution in [2.24, 2.45) is 0 Å². The second-order valence-electron chi connectivity index (χ2n) is 5.47. The largest absolute Gasteiger partial charge is 0.491 e. The van der Waals surface area contributed by atoms with E-state index in [0.29, 0.717) is 6.61 Å². The second kappa shape index (κ2) is 5.92. The summed E-state index contributed by atoms with van der Waals surface area (Å²) in [6, 6.07) is 5.53. The van der Waals surface area contributed by atoms with Crippen LogP contribution >= 0.6 is 11.5 Å². The average Bonchev–Trinajstić information content (AvgIpc) is 3.05. The molecule has 2 aromatic rings. The van der Waals surface area contributed by atoms with Crippen molar-refractivity contribution < 1.29 is 9.53 Å². The molecule has 2 heterocycles. The zero-order valence-corrected chi connectivity index (χ0v) is 13.5. The summed E-state index contributed by atoms with van der Waals surface area (Å²) in [5.74, 6) is 0.839. The van der Waals surface area contributed by atoms with Crippen LogP contribution < -0.4 is 15.4 Å². The first-order valence-corrected chi connectivity index (χ1v) is 7.91. The van der Waals surface area contributed by atoms with Crippen molar-refractivity contribution in [2.75, 3.05) is 6.61 Å². The van der Waals surface area contributed by atoms with Crippen LogP contribution in [0.25, 0.3) is 0 Å². The Morgan fingerprint density at radius 2 is 2.27 bits per heavy atom. The molecule has 0 saturated heterocycles. The van der Waals surface area contributed by atoms with E-state index in [9.17, 15) is 4.79 Å². The molecule has 2 unspecified atom stereocenters. The van der Waals surface area contributed by atoms with Crippen molar-refractivity contribution in [3.63, 3.8) is 0 Å². The van der Waals surface area contributed by atoms with Crippen molar-refractivity contribution in [3.05, 3.63) is 39.9 Å². The van der Waals surface area contributed by atoms with E-state index < -0.39 is 0 Å². The zero-order chi connectivity index (χ0) is 15.7. The molecule has 22 heavy (non-hydrogen) atoms. The third-order valence-corrected chi connectivity index (χ3v) is 4.69. The van der Waals surface area contributed by atoms with E-state index in [1.165, 1.54) is 11.5 Å². The lowest BCUT2D eigenvalue weighted by Crippen LogP contribution is -2.39. The summed E-state index contributed by atoms with van der Waals surface area (Å²) in [4.78, 5) is 13.2. The molecule has 1 aliphatic rings. The fourth-order valence-electron chi connectivity index (χ4n) is 2.55. The molecule has 0 aliphatic carbocycles. The Balaban J connectivity index is 1.64. The normalized spacial score (nSPS) is 17.5. The lowest BCUT2D eigenvalue weighted by Gasteiger charge is -2.16. The van der Waals surface area contributed by atoms with Crippen molar-refractivity contribution in [1.29, 1.82) is 0 Å². The standard InChI is InChI=1S/C15H18N4O2S/c1-8-4-5-13-11(6-8)12(7-21-13)17-15(20)16-9(2)14-10(3)18-19-22-14/h4-6,9,12H,7H2,1-3H3,(H2,16,17,20). The Bertz CT molecular complexity index is 701. The predicted molar refractivity (Wildman–Crippen MR) is 84.1 cm³/mol. The van der Waals surface area contributed by atoms with Gasteiger partial charge in [-0.25, -0.2) is 4.79 Å². The molecular weight excluding hydrogens is 300 g/mol. The van der Waals surface area contributed by atoms with Gasteiger partial charge < -0.3 is 15.4 Å². The van der Waals surface area contributed by atoms with Gasteiger partial charge in [-0.15, -0.1) is 5.10 Å². The van der Waals surface area contributed by atoms with Crippen LogP contribution in [0.4, 0.5) is 4.79 Å². The molecule has 0 radical (unpaired) electrons. The number of aryl methyl sites for hydroxylation is 2. The summed E-state index contributed by atoms with van der Waals surface area (Å²) in [7, 11) is 0. The van der Waals surface area contributed by atoms with Crippen LogP contribution in [0.15, 0.2) is 18.2 Å². The van der Waals surface area contributed by atoms with Crippen molar-refractivity contribution in [1.82, 2.24) is 20.2 Å². The van der Waals surface area contributed by atoms with Gasteiger partial charge in [-0.2, -0.15) is 0 Å². The van der Waals surface area contributed by atoms with Crippen molar-refractivity contribution in [2.45, 2.75) is 32.9 Å². The Morgan fingerprint density at radius 1 is 1.45 bits per heavy atom. The first-order valence-electron chi connectivity index (χ1n) is 7.14. The van der Waals surface area contributed by atoms with E-state index in [4.69, 9.17) is 4.74 Å². The van der Waals surface area contributed by atoms with Gasteiger partial charge in [-0.05, 0) is 38.4 Å². The summed E-state index contributed by atoms with van der Waals surface area (Å²) in [6.45, 7) is 6.29. The summed E-state index contributed by atoms with van der Waals surface area (Å²) < 4.78 is 9.50. The molecule has 2 amide bonds. The van der Waals surface area contributed by atoms with E-state index in [0.717, 1.165) is 27.4 Å². The molecule has 6 nitrogen and oxygen atoms in total. The summed E-state index contributed by atoms with van der Waals surface area (Å²) in [5.41, 5.74) is 3.03. The molecule has 2 atom stereocenters. The van der Waals surface area contributed by atoms with Crippen LogP contribution in [0.5, 0.6) is 5.75 Å². The van der Waals surface area contributed by atoms with Crippen LogP contribution in [0.3, 0.4) is 0 Å². The number of rotatable bonds is 3. The van der Waals surface area contributed by atoms with Crippen LogP contribution in [0.1, 0.15) is 40.7 Å². The molecule has 0 fully saturated rings. The Morgan fingerprint density at radius 3 is 3.00 bits per heavy atom. The number of fused-ring (bicyclic) bond motifs is 1. The first kappa shape index (κ1) is 14.8. The molecule has 7 heteroatoms. The van der Waals surface area contributed by atoms with Crippen LogP contribution in [0, 0.1) is 13.8 Å². The molecule has 0 spiro atoms. The third-order valence-electron chi connectivity index (χ3n) is 3.68. The highest BCUT2D eigenvalue weighted by atomic mass is 32.1. The minimum atomic E-state index is -0.219. The van der Waals surface area contributed by atoms with E-state index in [1.54, 1.807) is 0 Å². The van der Waals surface area contributed by atoms with E-state index in [-0.39, 0.29) is 18.1 Å². The minimum Gasteiger partial charge on any atom is -0.491 e. The predicted octanol–water partition coefficient (Wildman–Crippen LogP) is 2.65. The van der Waals surface area contributed by atoms with Gasteiger partial charge in [0.2, 0.25) is 0 Å². The molecule has 1 aromatic heterocycles. The quantitative estimate of drug-likeness (QED) is 0.912. The number of urea groups is 1. The van der Waals surface area contributed by atoms with Crippen LogP contribution in [0.2, 0.25) is 0 Å². The highest BCUT2D eigenvalue weighted by Gasteiger charge is 2.26. The number of ether oxygens (including phenoxy) is 1. The highest BCUT2D eigenvalue weighted by molar-refractivity contribution is 7.05. The fourth-order valence-corrected chi connectivity index (χ4v) is 3.19. The van der Waals surface area contributed by atoms with E-state index in [2.05, 4.69) is 20.2 Å². The number of hydrogen-bond acceptors (Lipinski definition) is 5. The lowest BCUT2D eigenvalue weighted by atomic mass is 10.1. The summed E-state index contributed by atoms with van der Waals surface area (Å²) in [6.07, 6.45) is 0. The van der Waals surface area contributed by atoms with Crippen LogP contribution in [-0.2, 0) is 0 Å². The van der Waals surface area contributed by atoms with Crippen molar-refractivity contribution in [3.8, 4) is 5.75 Å². The molecule has 0 bridgehead atoms. The van der Waals surface area contributed by atoms with Crippen LogP contribution in [-0.4, -0.2) is 22.2 Å². The molecular formula is C15H18N4O2S. The third kappa shape index (κ3) is 2.89. The van der Waals surface area contributed by atoms with Crippen molar-refractivity contribution >= 4 is 17.6 Å². The number of hydrogen-bond donors (Lipinski definition) is 2. The number of carbonyl (C=O) groups excluding carboxylic acids is 1. The van der Waals surface area contributed by atoms with E-state index in [1.807, 2.05) is 39.0 Å². The van der Waals surface area contributed by atoms with Gasteiger partial charge >= 0.3 is 6.03 Å². The van der Waals surface area contributed by atoms with Gasteiger partial charge in [0.05, 0.1) is 22.7 Å². The number of carbonyl (C=O) groups is 1. The Kier molecular flexibility index (Phi) is 3.98. The summed E-state index contributed by atoms with van der Waals surface area (Å²) in [5, 5.41) is 9.85. The second-order valence-corrected chi connectivity index (χ2v) is 6.25. The van der Waals surface area contributed by atoms with Gasteiger partial charge in [0, 0.05) is 5.56 Å². The molecule has 3 rings (SSSR count). The molecule has 1 aliphatic heterocycles. The fraction of sp³-hybridized carbons (Fsp3) is 0.400. The molecule has 2 N–H and O–H groups in total. The van der Waals surface area contributed by atoms with Gasteiger partial charge in [-0.1, -0.05) is 22.2 Å². The molecule has 1 aromatic carbocycles. The zero-order valence-electron chi connectivity index (χ0n) is 12.7. The monoisotopic (exact) mass is 318 g/mol. The van der Waals surface area contributed by atoms with Gasteiger partial charge in [-0.3, -0.25) is 0 Å². The van der Waals surface area contributed by atoms with Gasteiger partial charge in [0.1, 0.15) is 12.4 Å². The maximum atomic E-state index is 12.2. The molecule has 116 valence electrons. The number of nitrogens with zero attached hydrogens (tertiary/aromatic N) is 2. The average molecular weight is 318 g/mol. The SMILES string of the molecule is Cc1ccc2c(c1)C(NC(=O)NC(C)c1snnc1C)CO2. The minimum absolute atomic E-state index is 0.122. The lowest BCUT2D eigenvalue weighted by molar-refractivity contribution is 0.229. The number of aromatic nitrogens is 2. The van der Waals surface area contributed by atoms with Gasteiger partial charge in [0.15, 0.2) is 0 Å². The smallest absolute Gasteiger partial charge is 0.315 e. The topological polar surface area (TPSA) is 76.1 Å². The number of nitrogens with one attached hydrogen (secondary N) is 2. The Labute approximate surface area is 133 Å². The molecule has 0 saturated carbocycles. The number of benzene rings is 1. The highest BCUT2D eigenvalue weighted by Crippen LogP contribution is 2.32. The number of amides is 2. The first-order chi connectivity index (χ1) is 10.5. The summed E-state index contributed by atoms with van der Waals surface area (Å²) >= 11 is 1.30. The van der Waals surface area contributed by atoms with E-state index >= 15 is 0 Å². The maximum absolute atomic E-state index is 12.2.